The molecule has 1 N–H and O–H groups in total. The van der Waals surface area contributed by atoms with E-state index in [4.69, 9.17) is 0 Å². The van der Waals surface area contributed by atoms with Crippen molar-refractivity contribution in [2.45, 2.75) is 30.7 Å². The lowest BCUT2D eigenvalue weighted by atomic mass is 10.2. The van der Waals surface area contributed by atoms with E-state index in [0.29, 0.717) is 6.04 Å². The Hall–Kier alpha value is -1.20. The number of anilines is 1. The van der Waals surface area contributed by atoms with E-state index in [1.807, 2.05) is 35.8 Å². The SMILES string of the molecule is CCCSc1ccc(NC(=O)N(C)C2CCN(C)C2)cc1. The number of hydrogen-bond donors (Lipinski definition) is 1. The lowest BCUT2D eigenvalue weighted by molar-refractivity contribution is 0.204. The number of benzene rings is 1. The molecule has 5 heteroatoms. The van der Waals surface area contributed by atoms with E-state index in [2.05, 4.69) is 36.3 Å². The largest absolute Gasteiger partial charge is 0.323 e. The zero-order valence-electron chi connectivity index (χ0n) is 13.1. The molecule has 1 aromatic carbocycles. The smallest absolute Gasteiger partial charge is 0.321 e. The molecule has 1 atom stereocenters. The second-order valence-electron chi connectivity index (χ2n) is 5.62. The van der Waals surface area contributed by atoms with Gasteiger partial charge in [-0.05, 0) is 56.5 Å². The predicted octanol–water partition coefficient (Wildman–Crippen LogP) is 3.36. The zero-order chi connectivity index (χ0) is 15.2. The maximum atomic E-state index is 12.3. The number of urea groups is 1. The summed E-state index contributed by atoms with van der Waals surface area (Å²) in [6.45, 7) is 4.19. The van der Waals surface area contributed by atoms with Gasteiger partial charge in [-0.15, -0.1) is 11.8 Å². The van der Waals surface area contributed by atoms with E-state index in [1.165, 1.54) is 11.3 Å². The van der Waals surface area contributed by atoms with Gasteiger partial charge in [0, 0.05) is 30.2 Å². The summed E-state index contributed by atoms with van der Waals surface area (Å²) in [4.78, 5) is 17.6. The van der Waals surface area contributed by atoms with E-state index in [1.54, 1.807) is 0 Å². The first-order chi connectivity index (χ1) is 10.1. The number of rotatable bonds is 5. The highest BCUT2D eigenvalue weighted by Crippen LogP contribution is 2.21. The molecular weight excluding hydrogens is 282 g/mol. The summed E-state index contributed by atoms with van der Waals surface area (Å²) in [5, 5.41) is 2.98. The van der Waals surface area contributed by atoms with Gasteiger partial charge in [0.05, 0.1) is 0 Å². The van der Waals surface area contributed by atoms with Gasteiger partial charge in [0.15, 0.2) is 0 Å². The third kappa shape index (κ3) is 4.64. The number of nitrogens with zero attached hydrogens (tertiary/aromatic N) is 2. The van der Waals surface area contributed by atoms with E-state index >= 15 is 0 Å². The zero-order valence-corrected chi connectivity index (χ0v) is 13.9. The van der Waals surface area contributed by atoms with Crippen LogP contribution in [0.5, 0.6) is 0 Å². The van der Waals surface area contributed by atoms with Crippen molar-refractivity contribution in [3.63, 3.8) is 0 Å². The van der Waals surface area contributed by atoms with Crippen molar-refractivity contribution >= 4 is 23.5 Å². The molecule has 0 bridgehead atoms. The first-order valence-corrected chi connectivity index (χ1v) is 8.54. The molecule has 0 spiro atoms. The fourth-order valence-electron chi connectivity index (χ4n) is 2.46. The minimum atomic E-state index is -0.0238. The highest BCUT2D eigenvalue weighted by molar-refractivity contribution is 7.99. The van der Waals surface area contributed by atoms with Gasteiger partial charge in [-0.2, -0.15) is 0 Å². The molecule has 4 nitrogen and oxygen atoms in total. The molecule has 1 saturated heterocycles. The van der Waals surface area contributed by atoms with Crippen molar-refractivity contribution in [3.05, 3.63) is 24.3 Å². The van der Waals surface area contributed by atoms with E-state index < -0.39 is 0 Å². The number of likely N-dealkylation sites (N-methyl/N-ethyl adjacent to an activating group) is 2. The van der Waals surface area contributed by atoms with Crippen LogP contribution < -0.4 is 5.32 Å². The molecule has 1 heterocycles. The first-order valence-electron chi connectivity index (χ1n) is 7.55. The van der Waals surface area contributed by atoms with Crippen molar-refractivity contribution < 1.29 is 4.79 Å². The molecule has 2 amide bonds. The Labute approximate surface area is 131 Å². The highest BCUT2D eigenvalue weighted by atomic mass is 32.2. The minimum absolute atomic E-state index is 0.0238. The van der Waals surface area contributed by atoms with Crippen LogP contribution in [0, 0.1) is 0 Å². The van der Waals surface area contributed by atoms with Crippen LogP contribution in [0.2, 0.25) is 0 Å². The summed E-state index contributed by atoms with van der Waals surface area (Å²) in [6, 6.07) is 8.38. The summed E-state index contributed by atoms with van der Waals surface area (Å²) >= 11 is 1.85. The lowest BCUT2D eigenvalue weighted by Crippen LogP contribution is -2.41. The molecule has 0 aliphatic carbocycles. The van der Waals surface area contributed by atoms with Gasteiger partial charge < -0.3 is 15.1 Å². The Morgan fingerprint density at radius 2 is 2.14 bits per heavy atom. The number of likely N-dealkylation sites (tertiary alicyclic amines) is 1. The molecular formula is C16H25N3OS. The Morgan fingerprint density at radius 3 is 2.71 bits per heavy atom. The molecule has 0 radical (unpaired) electrons. The van der Waals surface area contributed by atoms with Crippen LogP contribution in [0.15, 0.2) is 29.2 Å². The number of carbonyl (C=O) groups is 1. The quantitative estimate of drug-likeness (QED) is 0.847. The second-order valence-corrected chi connectivity index (χ2v) is 6.79. The van der Waals surface area contributed by atoms with Gasteiger partial charge in [0.2, 0.25) is 0 Å². The molecule has 1 aliphatic rings. The van der Waals surface area contributed by atoms with Crippen molar-refractivity contribution in [3.8, 4) is 0 Å². The molecule has 0 saturated carbocycles. The van der Waals surface area contributed by atoms with Crippen LogP contribution in [-0.2, 0) is 0 Å². The molecule has 1 unspecified atom stereocenters. The Balaban J connectivity index is 1.87. The van der Waals surface area contributed by atoms with Crippen molar-refractivity contribution in [1.82, 2.24) is 9.80 Å². The van der Waals surface area contributed by atoms with Crippen LogP contribution in [0.4, 0.5) is 10.5 Å². The lowest BCUT2D eigenvalue weighted by Gasteiger charge is -2.24. The standard InChI is InChI=1S/C16H25N3OS/c1-4-11-21-15-7-5-13(6-8-15)17-16(20)19(3)14-9-10-18(2)12-14/h5-8,14H,4,9-12H2,1-3H3,(H,17,20). The molecule has 1 aromatic rings. The molecule has 116 valence electrons. The Kier molecular flexibility index (Phi) is 5.94. The third-order valence-corrected chi connectivity index (χ3v) is 5.03. The summed E-state index contributed by atoms with van der Waals surface area (Å²) in [5.41, 5.74) is 0.860. The summed E-state index contributed by atoms with van der Waals surface area (Å²) in [6.07, 6.45) is 2.22. The maximum Gasteiger partial charge on any atom is 0.321 e. The second kappa shape index (κ2) is 7.71. The number of carbonyl (C=O) groups excluding carboxylic acids is 1. The fourth-order valence-corrected chi connectivity index (χ4v) is 3.23. The van der Waals surface area contributed by atoms with Crippen molar-refractivity contribution in [2.24, 2.45) is 0 Å². The predicted molar refractivity (Wildman–Crippen MR) is 90.1 cm³/mol. The van der Waals surface area contributed by atoms with Gasteiger partial charge in [0.1, 0.15) is 0 Å². The van der Waals surface area contributed by atoms with Crippen LogP contribution >= 0.6 is 11.8 Å². The molecule has 2 rings (SSSR count). The highest BCUT2D eigenvalue weighted by Gasteiger charge is 2.26. The number of nitrogens with one attached hydrogen (secondary N) is 1. The van der Waals surface area contributed by atoms with Gasteiger partial charge >= 0.3 is 6.03 Å². The van der Waals surface area contributed by atoms with Gasteiger partial charge in [-0.3, -0.25) is 0 Å². The third-order valence-electron chi connectivity index (χ3n) is 3.81. The van der Waals surface area contributed by atoms with Gasteiger partial charge in [-0.1, -0.05) is 6.92 Å². The number of thioether (sulfide) groups is 1. The van der Waals surface area contributed by atoms with Crippen LogP contribution in [0.25, 0.3) is 0 Å². The van der Waals surface area contributed by atoms with E-state index in [-0.39, 0.29) is 6.03 Å². The van der Waals surface area contributed by atoms with E-state index in [9.17, 15) is 4.79 Å². The van der Waals surface area contributed by atoms with Crippen LogP contribution in [-0.4, -0.2) is 54.8 Å². The molecule has 1 aliphatic heterocycles. The summed E-state index contributed by atoms with van der Waals surface area (Å²) in [7, 11) is 3.98. The van der Waals surface area contributed by atoms with Gasteiger partial charge in [0.25, 0.3) is 0 Å². The topological polar surface area (TPSA) is 35.6 Å². The van der Waals surface area contributed by atoms with Crippen molar-refractivity contribution in [1.29, 1.82) is 0 Å². The molecule has 21 heavy (non-hydrogen) atoms. The number of amides is 2. The average Bonchev–Trinajstić information content (AvgIpc) is 2.92. The fraction of sp³-hybridized carbons (Fsp3) is 0.562. The number of hydrogen-bond acceptors (Lipinski definition) is 3. The molecule has 1 fully saturated rings. The Morgan fingerprint density at radius 1 is 1.43 bits per heavy atom. The molecule has 0 aromatic heterocycles. The van der Waals surface area contributed by atoms with Crippen LogP contribution in [0.3, 0.4) is 0 Å². The van der Waals surface area contributed by atoms with Crippen molar-refractivity contribution in [2.75, 3.05) is 38.3 Å². The summed E-state index contributed by atoms with van der Waals surface area (Å²) < 4.78 is 0. The monoisotopic (exact) mass is 307 g/mol. The van der Waals surface area contributed by atoms with Gasteiger partial charge in [-0.25, -0.2) is 4.79 Å². The normalized spacial score (nSPS) is 18.7. The Bertz CT molecular complexity index is 463. The van der Waals surface area contributed by atoms with E-state index in [0.717, 1.165) is 31.0 Å². The summed E-state index contributed by atoms with van der Waals surface area (Å²) in [5.74, 6) is 1.13. The van der Waals surface area contributed by atoms with Crippen LogP contribution in [0.1, 0.15) is 19.8 Å². The minimum Gasteiger partial charge on any atom is -0.323 e. The average molecular weight is 307 g/mol. The first kappa shape index (κ1) is 16.2. The maximum absolute atomic E-state index is 12.3.